The van der Waals surface area contributed by atoms with Crippen molar-refractivity contribution in [3.05, 3.63) is 29.8 Å². The zero-order valence-corrected chi connectivity index (χ0v) is 11.5. The van der Waals surface area contributed by atoms with Gasteiger partial charge in [0.1, 0.15) is 5.75 Å². The van der Waals surface area contributed by atoms with Crippen LogP contribution >= 0.6 is 0 Å². The van der Waals surface area contributed by atoms with E-state index in [-0.39, 0.29) is 12.3 Å². The second-order valence-electron chi connectivity index (χ2n) is 5.21. The van der Waals surface area contributed by atoms with Crippen LogP contribution in [0.2, 0.25) is 0 Å². The Labute approximate surface area is 117 Å². The first-order valence-corrected chi connectivity index (χ1v) is 6.74. The van der Waals surface area contributed by atoms with E-state index in [4.69, 9.17) is 9.84 Å². The number of rotatable bonds is 5. The maximum Gasteiger partial charge on any atom is 0.305 e. The monoisotopic (exact) mass is 277 g/mol. The lowest BCUT2D eigenvalue weighted by Gasteiger charge is -2.29. The van der Waals surface area contributed by atoms with Crippen molar-refractivity contribution in [3.8, 4) is 5.75 Å². The maximum atomic E-state index is 12.4. The zero-order chi connectivity index (χ0) is 14.6. The van der Waals surface area contributed by atoms with Crippen molar-refractivity contribution in [2.45, 2.75) is 37.6 Å². The van der Waals surface area contributed by atoms with Crippen molar-refractivity contribution in [2.24, 2.45) is 0 Å². The summed E-state index contributed by atoms with van der Waals surface area (Å²) in [6, 6.07) is 6.94. The average Bonchev–Trinajstić information content (AvgIpc) is 2.85. The number of methoxy groups -OCH3 is 1. The summed E-state index contributed by atoms with van der Waals surface area (Å²) in [5.74, 6) is -0.661. The van der Waals surface area contributed by atoms with Crippen molar-refractivity contribution in [1.29, 1.82) is 0 Å². The molecule has 1 amide bonds. The highest BCUT2D eigenvalue weighted by molar-refractivity contribution is 5.97. The first-order valence-electron chi connectivity index (χ1n) is 6.74. The summed E-state index contributed by atoms with van der Waals surface area (Å²) in [7, 11) is 1.51. The molecule has 2 rings (SSSR count). The Morgan fingerprint density at radius 3 is 2.55 bits per heavy atom. The van der Waals surface area contributed by atoms with Gasteiger partial charge in [-0.2, -0.15) is 0 Å². The smallest absolute Gasteiger partial charge is 0.305 e. The SMILES string of the molecule is COc1ccccc1C(=O)NC1(CC(=O)O)CCCC1. The Balaban J connectivity index is 2.18. The Hall–Kier alpha value is -2.04. The molecule has 5 nitrogen and oxygen atoms in total. The van der Waals surface area contributed by atoms with Crippen molar-refractivity contribution >= 4 is 11.9 Å². The number of carbonyl (C=O) groups is 2. The highest BCUT2D eigenvalue weighted by atomic mass is 16.5. The molecule has 20 heavy (non-hydrogen) atoms. The number of ether oxygens (including phenoxy) is 1. The van der Waals surface area contributed by atoms with Crippen LogP contribution in [0.15, 0.2) is 24.3 Å². The van der Waals surface area contributed by atoms with Gasteiger partial charge >= 0.3 is 5.97 Å². The number of benzene rings is 1. The summed E-state index contributed by atoms with van der Waals surface area (Å²) < 4.78 is 5.17. The number of hydrogen-bond acceptors (Lipinski definition) is 3. The molecule has 0 atom stereocenters. The molecular weight excluding hydrogens is 258 g/mol. The molecule has 1 fully saturated rings. The van der Waals surface area contributed by atoms with Gasteiger partial charge in [0.25, 0.3) is 5.91 Å². The van der Waals surface area contributed by atoms with Gasteiger partial charge < -0.3 is 15.2 Å². The Morgan fingerprint density at radius 1 is 1.30 bits per heavy atom. The topological polar surface area (TPSA) is 75.6 Å². The van der Waals surface area contributed by atoms with E-state index >= 15 is 0 Å². The summed E-state index contributed by atoms with van der Waals surface area (Å²) in [5.41, 5.74) is -0.185. The Morgan fingerprint density at radius 2 is 1.95 bits per heavy atom. The van der Waals surface area contributed by atoms with E-state index in [0.717, 1.165) is 12.8 Å². The minimum absolute atomic E-state index is 0.0338. The number of carbonyl (C=O) groups excluding carboxylic acids is 1. The Kier molecular flexibility index (Phi) is 4.27. The minimum atomic E-state index is -0.882. The van der Waals surface area contributed by atoms with Crippen LogP contribution in [-0.4, -0.2) is 29.6 Å². The molecule has 0 unspecified atom stereocenters. The molecule has 108 valence electrons. The van der Waals surface area contributed by atoms with Gasteiger partial charge in [-0.3, -0.25) is 9.59 Å². The first-order chi connectivity index (χ1) is 9.56. The van der Waals surface area contributed by atoms with Crippen molar-refractivity contribution in [1.82, 2.24) is 5.32 Å². The van der Waals surface area contributed by atoms with Gasteiger partial charge in [-0.05, 0) is 25.0 Å². The molecule has 1 aromatic rings. The number of hydrogen-bond donors (Lipinski definition) is 2. The van der Waals surface area contributed by atoms with Crippen LogP contribution in [0, 0.1) is 0 Å². The summed E-state index contributed by atoms with van der Waals surface area (Å²) in [6.45, 7) is 0. The van der Waals surface area contributed by atoms with Gasteiger partial charge in [0.15, 0.2) is 0 Å². The molecular formula is C15H19NO4. The fraction of sp³-hybridized carbons (Fsp3) is 0.467. The van der Waals surface area contributed by atoms with Crippen LogP contribution in [0.3, 0.4) is 0 Å². The van der Waals surface area contributed by atoms with Gasteiger partial charge in [-0.25, -0.2) is 0 Å². The summed E-state index contributed by atoms with van der Waals surface area (Å²) in [6.07, 6.45) is 3.27. The van der Waals surface area contributed by atoms with Gasteiger partial charge in [0, 0.05) is 0 Å². The fourth-order valence-electron chi connectivity index (χ4n) is 2.83. The third-order valence-corrected chi connectivity index (χ3v) is 3.78. The molecule has 0 spiro atoms. The van der Waals surface area contributed by atoms with Crippen LogP contribution in [0.4, 0.5) is 0 Å². The summed E-state index contributed by atoms with van der Waals surface area (Å²) >= 11 is 0. The van der Waals surface area contributed by atoms with E-state index in [2.05, 4.69) is 5.32 Å². The van der Waals surface area contributed by atoms with Crippen LogP contribution in [0.5, 0.6) is 5.75 Å². The third kappa shape index (κ3) is 3.10. The van der Waals surface area contributed by atoms with E-state index in [1.54, 1.807) is 24.3 Å². The fourth-order valence-corrected chi connectivity index (χ4v) is 2.83. The van der Waals surface area contributed by atoms with E-state index in [9.17, 15) is 9.59 Å². The number of amides is 1. The van der Waals surface area contributed by atoms with Crippen LogP contribution in [0.25, 0.3) is 0 Å². The number of aliphatic carboxylic acids is 1. The largest absolute Gasteiger partial charge is 0.496 e. The van der Waals surface area contributed by atoms with Crippen LogP contribution in [0.1, 0.15) is 42.5 Å². The molecule has 1 aliphatic carbocycles. The summed E-state index contributed by atoms with van der Waals surface area (Å²) in [5, 5.41) is 12.0. The zero-order valence-electron chi connectivity index (χ0n) is 11.5. The normalized spacial score (nSPS) is 16.6. The number of para-hydroxylation sites is 1. The second-order valence-corrected chi connectivity index (χ2v) is 5.21. The van der Waals surface area contributed by atoms with Gasteiger partial charge in [0.2, 0.25) is 0 Å². The van der Waals surface area contributed by atoms with E-state index in [1.165, 1.54) is 7.11 Å². The quantitative estimate of drug-likeness (QED) is 0.865. The van der Waals surface area contributed by atoms with Crippen molar-refractivity contribution in [2.75, 3.05) is 7.11 Å². The van der Waals surface area contributed by atoms with Gasteiger partial charge in [-0.15, -0.1) is 0 Å². The molecule has 0 radical (unpaired) electrons. The number of carboxylic acids is 1. The lowest BCUT2D eigenvalue weighted by atomic mass is 9.92. The molecule has 0 aromatic heterocycles. The number of nitrogens with one attached hydrogen (secondary N) is 1. The molecule has 1 saturated carbocycles. The highest BCUT2D eigenvalue weighted by Gasteiger charge is 2.37. The molecule has 5 heteroatoms. The third-order valence-electron chi connectivity index (χ3n) is 3.78. The lowest BCUT2D eigenvalue weighted by molar-refractivity contribution is -0.138. The van der Waals surface area contributed by atoms with Crippen molar-refractivity contribution in [3.63, 3.8) is 0 Å². The molecule has 2 N–H and O–H groups in total. The van der Waals surface area contributed by atoms with Crippen LogP contribution in [-0.2, 0) is 4.79 Å². The standard InChI is InChI=1S/C15H19NO4/c1-20-12-7-3-2-6-11(12)14(19)16-15(10-13(17)18)8-4-5-9-15/h2-3,6-7H,4-5,8-10H2,1H3,(H,16,19)(H,17,18). The highest BCUT2D eigenvalue weighted by Crippen LogP contribution is 2.33. The number of carboxylic acid groups (broad SMARTS) is 1. The second kappa shape index (κ2) is 5.94. The molecule has 0 bridgehead atoms. The molecule has 0 heterocycles. The first kappa shape index (κ1) is 14.4. The molecule has 1 aliphatic rings. The van der Waals surface area contributed by atoms with Crippen LogP contribution < -0.4 is 10.1 Å². The molecule has 0 saturated heterocycles. The predicted molar refractivity (Wildman–Crippen MR) is 73.9 cm³/mol. The van der Waals surface area contributed by atoms with Gasteiger partial charge in [-0.1, -0.05) is 25.0 Å². The molecule has 0 aliphatic heterocycles. The van der Waals surface area contributed by atoms with Crippen molar-refractivity contribution < 1.29 is 19.4 Å². The van der Waals surface area contributed by atoms with E-state index in [1.807, 2.05) is 0 Å². The average molecular weight is 277 g/mol. The summed E-state index contributed by atoms with van der Waals surface area (Å²) in [4.78, 5) is 23.4. The van der Waals surface area contributed by atoms with E-state index < -0.39 is 11.5 Å². The van der Waals surface area contributed by atoms with E-state index in [0.29, 0.717) is 24.2 Å². The minimum Gasteiger partial charge on any atom is -0.496 e. The Bertz CT molecular complexity index is 506. The van der Waals surface area contributed by atoms with Gasteiger partial charge in [0.05, 0.1) is 24.6 Å². The maximum absolute atomic E-state index is 12.4. The molecule has 1 aromatic carbocycles. The predicted octanol–water partition coefficient (Wildman–Crippen LogP) is 2.21. The lowest BCUT2D eigenvalue weighted by Crippen LogP contribution is -2.47.